The first-order valence-electron chi connectivity index (χ1n) is 7.14. The van der Waals surface area contributed by atoms with Gasteiger partial charge >= 0.3 is 5.97 Å². The standard InChI is InChI=1S/C16H23NO2/c1-12(18)19-11-10-13-2-4-14(5-3-13)15-6-8-16(17)9-7-15/h6-9,13-14H,2-5,10-11,17H2,1H3. The van der Waals surface area contributed by atoms with Crippen molar-refractivity contribution in [2.24, 2.45) is 5.92 Å². The highest BCUT2D eigenvalue weighted by Gasteiger charge is 2.22. The molecule has 19 heavy (non-hydrogen) atoms. The van der Waals surface area contributed by atoms with Gasteiger partial charge in [-0.1, -0.05) is 12.1 Å². The van der Waals surface area contributed by atoms with Gasteiger partial charge in [-0.3, -0.25) is 4.79 Å². The summed E-state index contributed by atoms with van der Waals surface area (Å²) in [5, 5.41) is 0. The normalized spacial score (nSPS) is 23.0. The fraction of sp³-hybridized carbons (Fsp3) is 0.562. The molecule has 0 atom stereocenters. The molecule has 3 nitrogen and oxygen atoms in total. The van der Waals surface area contributed by atoms with Crippen LogP contribution in [0.3, 0.4) is 0 Å². The summed E-state index contributed by atoms with van der Waals surface area (Å²) in [6.45, 7) is 2.05. The lowest BCUT2D eigenvalue weighted by atomic mass is 9.78. The highest BCUT2D eigenvalue weighted by molar-refractivity contribution is 5.65. The van der Waals surface area contributed by atoms with Crippen molar-refractivity contribution in [3.63, 3.8) is 0 Å². The van der Waals surface area contributed by atoms with E-state index in [4.69, 9.17) is 10.5 Å². The van der Waals surface area contributed by atoms with Gasteiger partial charge in [-0.25, -0.2) is 0 Å². The van der Waals surface area contributed by atoms with Crippen molar-refractivity contribution in [2.45, 2.75) is 44.9 Å². The van der Waals surface area contributed by atoms with Crippen molar-refractivity contribution in [3.05, 3.63) is 29.8 Å². The number of hydrogen-bond acceptors (Lipinski definition) is 3. The zero-order chi connectivity index (χ0) is 13.7. The Morgan fingerprint density at radius 2 is 1.84 bits per heavy atom. The summed E-state index contributed by atoms with van der Waals surface area (Å²) in [6, 6.07) is 8.28. The Bertz CT molecular complexity index is 405. The molecule has 0 heterocycles. The number of rotatable bonds is 4. The smallest absolute Gasteiger partial charge is 0.302 e. The second-order valence-corrected chi connectivity index (χ2v) is 5.51. The van der Waals surface area contributed by atoms with E-state index >= 15 is 0 Å². The lowest BCUT2D eigenvalue weighted by molar-refractivity contribution is -0.141. The van der Waals surface area contributed by atoms with Crippen molar-refractivity contribution in [1.29, 1.82) is 0 Å². The molecule has 0 amide bonds. The summed E-state index contributed by atoms with van der Waals surface area (Å²) in [5.41, 5.74) is 7.96. The van der Waals surface area contributed by atoms with Crippen molar-refractivity contribution in [2.75, 3.05) is 12.3 Å². The summed E-state index contributed by atoms with van der Waals surface area (Å²) in [5.74, 6) is 1.21. The minimum atomic E-state index is -0.171. The Labute approximate surface area is 115 Å². The SMILES string of the molecule is CC(=O)OCCC1CCC(c2ccc(N)cc2)CC1. The molecule has 0 aromatic heterocycles. The van der Waals surface area contributed by atoms with Crippen LogP contribution in [-0.4, -0.2) is 12.6 Å². The Hall–Kier alpha value is -1.51. The number of ether oxygens (including phenoxy) is 1. The number of hydrogen-bond donors (Lipinski definition) is 1. The average molecular weight is 261 g/mol. The molecule has 0 aliphatic heterocycles. The zero-order valence-corrected chi connectivity index (χ0v) is 11.6. The summed E-state index contributed by atoms with van der Waals surface area (Å²) in [6.07, 6.45) is 5.93. The van der Waals surface area contributed by atoms with E-state index in [1.807, 2.05) is 12.1 Å². The molecular formula is C16H23NO2. The number of nitrogens with two attached hydrogens (primary N) is 1. The molecule has 1 saturated carbocycles. The van der Waals surface area contributed by atoms with Crippen molar-refractivity contribution in [3.8, 4) is 0 Å². The van der Waals surface area contributed by atoms with Gasteiger partial charge in [-0.05, 0) is 61.6 Å². The molecule has 1 aromatic rings. The minimum absolute atomic E-state index is 0.171. The van der Waals surface area contributed by atoms with Crippen LogP contribution in [0.5, 0.6) is 0 Å². The second kappa shape index (κ2) is 6.60. The van der Waals surface area contributed by atoms with E-state index in [0.717, 1.165) is 12.1 Å². The zero-order valence-electron chi connectivity index (χ0n) is 11.6. The maximum atomic E-state index is 10.7. The molecule has 2 rings (SSSR count). The number of carbonyl (C=O) groups excluding carboxylic acids is 1. The third-order valence-corrected chi connectivity index (χ3v) is 4.09. The van der Waals surface area contributed by atoms with Gasteiger partial charge in [-0.15, -0.1) is 0 Å². The molecule has 0 saturated heterocycles. The highest BCUT2D eigenvalue weighted by atomic mass is 16.5. The molecular weight excluding hydrogens is 238 g/mol. The molecule has 1 aliphatic carbocycles. The van der Waals surface area contributed by atoms with Crippen molar-refractivity contribution < 1.29 is 9.53 Å². The van der Waals surface area contributed by atoms with Gasteiger partial charge in [0.2, 0.25) is 0 Å². The maximum Gasteiger partial charge on any atom is 0.302 e. The van der Waals surface area contributed by atoms with Gasteiger partial charge in [0.1, 0.15) is 0 Å². The molecule has 104 valence electrons. The third kappa shape index (κ3) is 4.27. The number of esters is 1. The van der Waals surface area contributed by atoms with Crippen LogP contribution >= 0.6 is 0 Å². The average Bonchev–Trinajstić information content (AvgIpc) is 2.40. The molecule has 0 radical (unpaired) electrons. The van der Waals surface area contributed by atoms with Gasteiger partial charge < -0.3 is 10.5 Å². The van der Waals surface area contributed by atoms with Crippen LogP contribution < -0.4 is 5.73 Å². The summed E-state index contributed by atoms with van der Waals surface area (Å²) in [4.78, 5) is 10.7. The Balaban J connectivity index is 1.76. The van der Waals surface area contributed by atoms with Crippen LogP contribution in [0.25, 0.3) is 0 Å². The van der Waals surface area contributed by atoms with Crippen molar-refractivity contribution >= 4 is 11.7 Å². The number of anilines is 1. The topological polar surface area (TPSA) is 52.3 Å². The van der Waals surface area contributed by atoms with E-state index < -0.39 is 0 Å². The maximum absolute atomic E-state index is 10.7. The molecule has 0 unspecified atom stereocenters. The monoisotopic (exact) mass is 261 g/mol. The molecule has 3 heteroatoms. The Morgan fingerprint density at radius 1 is 1.21 bits per heavy atom. The van der Waals surface area contributed by atoms with Crippen LogP contribution in [0.4, 0.5) is 5.69 Å². The number of nitrogen functional groups attached to an aromatic ring is 1. The van der Waals surface area contributed by atoms with E-state index in [0.29, 0.717) is 18.4 Å². The molecule has 0 bridgehead atoms. The fourth-order valence-corrected chi connectivity index (χ4v) is 2.92. The van der Waals surface area contributed by atoms with E-state index in [2.05, 4.69) is 12.1 Å². The molecule has 1 fully saturated rings. The van der Waals surface area contributed by atoms with Crippen LogP contribution in [0.2, 0.25) is 0 Å². The number of carbonyl (C=O) groups is 1. The predicted molar refractivity (Wildman–Crippen MR) is 76.8 cm³/mol. The summed E-state index contributed by atoms with van der Waals surface area (Å²) in [7, 11) is 0. The fourth-order valence-electron chi connectivity index (χ4n) is 2.92. The number of benzene rings is 1. The molecule has 0 spiro atoms. The van der Waals surface area contributed by atoms with Crippen LogP contribution in [-0.2, 0) is 9.53 Å². The van der Waals surface area contributed by atoms with Gasteiger partial charge in [0.05, 0.1) is 6.61 Å². The van der Waals surface area contributed by atoms with Gasteiger partial charge in [0, 0.05) is 12.6 Å². The lowest BCUT2D eigenvalue weighted by Crippen LogP contribution is -2.15. The molecule has 1 aliphatic rings. The Kier molecular flexibility index (Phi) is 4.83. The van der Waals surface area contributed by atoms with Crippen LogP contribution in [0.1, 0.15) is 50.5 Å². The first-order valence-corrected chi connectivity index (χ1v) is 7.14. The van der Waals surface area contributed by atoms with Crippen molar-refractivity contribution in [1.82, 2.24) is 0 Å². The first kappa shape index (κ1) is 13.9. The predicted octanol–water partition coefficient (Wildman–Crippen LogP) is 3.50. The summed E-state index contributed by atoms with van der Waals surface area (Å²) < 4.78 is 5.02. The highest BCUT2D eigenvalue weighted by Crippen LogP contribution is 2.37. The molecule has 2 N–H and O–H groups in total. The molecule has 1 aromatic carbocycles. The van der Waals surface area contributed by atoms with Gasteiger partial charge in [0.25, 0.3) is 0 Å². The van der Waals surface area contributed by atoms with Crippen LogP contribution in [0, 0.1) is 5.92 Å². The summed E-state index contributed by atoms with van der Waals surface area (Å²) >= 11 is 0. The van der Waals surface area contributed by atoms with Crippen LogP contribution in [0.15, 0.2) is 24.3 Å². The Morgan fingerprint density at radius 3 is 2.42 bits per heavy atom. The van der Waals surface area contributed by atoms with E-state index in [-0.39, 0.29) is 5.97 Å². The van der Waals surface area contributed by atoms with Gasteiger partial charge in [0.15, 0.2) is 0 Å². The van der Waals surface area contributed by atoms with E-state index in [1.165, 1.54) is 38.2 Å². The van der Waals surface area contributed by atoms with E-state index in [9.17, 15) is 4.79 Å². The third-order valence-electron chi connectivity index (χ3n) is 4.09. The quantitative estimate of drug-likeness (QED) is 0.666. The van der Waals surface area contributed by atoms with E-state index in [1.54, 1.807) is 0 Å². The second-order valence-electron chi connectivity index (χ2n) is 5.51. The largest absolute Gasteiger partial charge is 0.466 e. The minimum Gasteiger partial charge on any atom is -0.466 e. The van der Waals surface area contributed by atoms with Gasteiger partial charge in [-0.2, -0.15) is 0 Å². The first-order chi connectivity index (χ1) is 9.15. The lowest BCUT2D eigenvalue weighted by Gasteiger charge is -2.28.